The van der Waals surface area contributed by atoms with Gasteiger partial charge in [-0.15, -0.1) is 0 Å². The third-order valence-electron chi connectivity index (χ3n) is 1.61. The standard InChI is InChI=1S/C7H5F3N2O2/c8-1-4-2-11-3-5(12(13)14)6(4)7(9)10/h2-3,7H,1H2. The van der Waals surface area contributed by atoms with E-state index in [0.717, 1.165) is 6.20 Å². The van der Waals surface area contributed by atoms with Crippen LogP contribution in [0, 0.1) is 10.1 Å². The molecule has 4 nitrogen and oxygen atoms in total. The van der Waals surface area contributed by atoms with Crippen LogP contribution in [0.1, 0.15) is 17.6 Å². The maximum atomic E-state index is 12.3. The van der Waals surface area contributed by atoms with E-state index in [1.165, 1.54) is 0 Å². The fourth-order valence-corrected chi connectivity index (χ4v) is 1.01. The van der Waals surface area contributed by atoms with Gasteiger partial charge in [0.25, 0.3) is 12.1 Å². The molecule has 0 bridgehead atoms. The summed E-state index contributed by atoms with van der Waals surface area (Å²) in [6, 6.07) is 0. The Kier molecular flexibility index (Phi) is 3.00. The highest BCUT2D eigenvalue weighted by Crippen LogP contribution is 2.31. The van der Waals surface area contributed by atoms with E-state index < -0.39 is 34.8 Å². The van der Waals surface area contributed by atoms with Crippen molar-refractivity contribution >= 4 is 5.69 Å². The summed E-state index contributed by atoms with van der Waals surface area (Å²) in [6.07, 6.45) is -1.54. The second-order valence-electron chi connectivity index (χ2n) is 2.42. The molecule has 0 N–H and O–H groups in total. The minimum Gasteiger partial charge on any atom is -0.258 e. The summed E-state index contributed by atoms with van der Waals surface area (Å²) in [5.41, 5.74) is -2.20. The molecule has 1 aromatic heterocycles. The number of hydrogen-bond donors (Lipinski definition) is 0. The summed E-state index contributed by atoms with van der Waals surface area (Å²) in [5, 5.41) is 10.3. The van der Waals surface area contributed by atoms with Gasteiger partial charge in [0, 0.05) is 11.8 Å². The topological polar surface area (TPSA) is 56.0 Å². The van der Waals surface area contributed by atoms with Crippen LogP contribution >= 0.6 is 0 Å². The molecule has 76 valence electrons. The van der Waals surface area contributed by atoms with E-state index in [0.29, 0.717) is 6.20 Å². The number of alkyl halides is 3. The Hall–Kier alpha value is -1.66. The van der Waals surface area contributed by atoms with Crippen molar-refractivity contribution in [3.05, 3.63) is 33.6 Å². The number of rotatable bonds is 3. The zero-order valence-corrected chi connectivity index (χ0v) is 6.78. The van der Waals surface area contributed by atoms with Crippen LogP contribution in [0.15, 0.2) is 12.4 Å². The SMILES string of the molecule is O=[N+]([O-])c1cncc(CF)c1C(F)F. The predicted octanol–water partition coefficient (Wildman–Crippen LogP) is 2.40. The Bertz CT molecular complexity index is 357. The normalized spacial score (nSPS) is 10.6. The lowest BCUT2D eigenvalue weighted by molar-refractivity contribution is -0.386. The second-order valence-corrected chi connectivity index (χ2v) is 2.42. The molecule has 14 heavy (non-hydrogen) atoms. The lowest BCUT2D eigenvalue weighted by Gasteiger charge is -2.04. The van der Waals surface area contributed by atoms with E-state index in [1.54, 1.807) is 0 Å². The van der Waals surface area contributed by atoms with Crippen molar-refractivity contribution < 1.29 is 18.1 Å². The van der Waals surface area contributed by atoms with E-state index in [1.807, 2.05) is 0 Å². The maximum absolute atomic E-state index is 12.3. The Balaban J connectivity index is 3.35. The van der Waals surface area contributed by atoms with Crippen molar-refractivity contribution in [2.75, 3.05) is 0 Å². The molecule has 0 aromatic carbocycles. The quantitative estimate of drug-likeness (QED) is 0.563. The molecule has 7 heteroatoms. The number of halogens is 3. The van der Waals surface area contributed by atoms with Gasteiger partial charge in [0.15, 0.2) is 0 Å². The average Bonchev–Trinajstić information content (AvgIpc) is 2.16. The van der Waals surface area contributed by atoms with Gasteiger partial charge < -0.3 is 0 Å². The molecular formula is C7H5F3N2O2. The Morgan fingerprint density at radius 1 is 1.50 bits per heavy atom. The molecule has 0 aliphatic heterocycles. The largest absolute Gasteiger partial charge is 0.296 e. The first-order chi connectivity index (χ1) is 6.57. The van der Waals surface area contributed by atoms with E-state index in [-0.39, 0.29) is 0 Å². The lowest BCUT2D eigenvalue weighted by atomic mass is 10.1. The Morgan fingerprint density at radius 2 is 2.14 bits per heavy atom. The molecule has 0 saturated carbocycles. The molecule has 0 aliphatic rings. The summed E-state index contributed by atoms with van der Waals surface area (Å²) in [5.74, 6) is 0. The van der Waals surface area contributed by atoms with Crippen molar-refractivity contribution in [2.24, 2.45) is 0 Å². The van der Waals surface area contributed by atoms with Crippen molar-refractivity contribution in [1.82, 2.24) is 4.98 Å². The van der Waals surface area contributed by atoms with Crippen LogP contribution < -0.4 is 0 Å². The van der Waals surface area contributed by atoms with Crippen molar-refractivity contribution in [3.8, 4) is 0 Å². The summed E-state index contributed by atoms with van der Waals surface area (Å²) in [6.45, 7) is -1.20. The molecule has 0 amide bonds. The first-order valence-corrected chi connectivity index (χ1v) is 3.53. The first-order valence-electron chi connectivity index (χ1n) is 3.53. The van der Waals surface area contributed by atoms with E-state index in [2.05, 4.69) is 4.98 Å². The molecular weight excluding hydrogens is 201 g/mol. The predicted molar refractivity (Wildman–Crippen MR) is 40.7 cm³/mol. The Morgan fingerprint density at radius 3 is 2.57 bits per heavy atom. The maximum Gasteiger partial charge on any atom is 0.296 e. The number of hydrogen-bond acceptors (Lipinski definition) is 3. The van der Waals surface area contributed by atoms with Crippen LogP contribution in [0.3, 0.4) is 0 Å². The summed E-state index contributed by atoms with van der Waals surface area (Å²) >= 11 is 0. The minimum absolute atomic E-state index is 0.450. The zero-order chi connectivity index (χ0) is 10.7. The molecule has 0 spiro atoms. The van der Waals surface area contributed by atoms with Gasteiger partial charge in [-0.05, 0) is 0 Å². The van der Waals surface area contributed by atoms with Gasteiger partial charge in [0.05, 0.1) is 4.92 Å². The second kappa shape index (κ2) is 4.03. The molecule has 1 aromatic rings. The minimum atomic E-state index is -3.08. The Labute approximate surface area is 76.5 Å². The van der Waals surface area contributed by atoms with E-state index >= 15 is 0 Å². The van der Waals surface area contributed by atoms with Crippen LogP contribution in [-0.2, 0) is 6.67 Å². The lowest BCUT2D eigenvalue weighted by Crippen LogP contribution is -2.01. The number of aromatic nitrogens is 1. The third kappa shape index (κ3) is 1.81. The summed E-state index contributed by atoms with van der Waals surface area (Å²) in [4.78, 5) is 12.6. The molecule has 0 aliphatic carbocycles. The van der Waals surface area contributed by atoms with Crippen molar-refractivity contribution in [1.29, 1.82) is 0 Å². The molecule has 1 heterocycles. The van der Waals surface area contributed by atoms with Crippen molar-refractivity contribution in [2.45, 2.75) is 13.1 Å². The third-order valence-corrected chi connectivity index (χ3v) is 1.61. The number of nitrogens with zero attached hydrogens (tertiary/aromatic N) is 2. The van der Waals surface area contributed by atoms with Gasteiger partial charge in [-0.25, -0.2) is 13.2 Å². The summed E-state index contributed by atoms with van der Waals surface area (Å²) in [7, 11) is 0. The van der Waals surface area contributed by atoms with Gasteiger partial charge in [0.1, 0.15) is 18.4 Å². The fraction of sp³-hybridized carbons (Fsp3) is 0.286. The molecule has 0 saturated heterocycles. The van der Waals surface area contributed by atoms with E-state index in [4.69, 9.17) is 0 Å². The van der Waals surface area contributed by atoms with E-state index in [9.17, 15) is 23.3 Å². The van der Waals surface area contributed by atoms with Crippen LogP contribution in [0.25, 0.3) is 0 Å². The average molecular weight is 206 g/mol. The summed E-state index contributed by atoms with van der Waals surface area (Å²) < 4.78 is 36.9. The molecule has 1 rings (SSSR count). The molecule has 0 fully saturated rings. The number of pyridine rings is 1. The van der Waals surface area contributed by atoms with Crippen LogP contribution in [-0.4, -0.2) is 9.91 Å². The monoisotopic (exact) mass is 206 g/mol. The van der Waals surface area contributed by atoms with Gasteiger partial charge in [0.2, 0.25) is 0 Å². The van der Waals surface area contributed by atoms with Crippen LogP contribution in [0.4, 0.5) is 18.9 Å². The van der Waals surface area contributed by atoms with Gasteiger partial charge >= 0.3 is 0 Å². The van der Waals surface area contributed by atoms with Gasteiger partial charge in [-0.1, -0.05) is 0 Å². The smallest absolute Gasteiger partial charge is 0.258 e. The molecule has 0 radical (unpaired) electrons. The van der Waals surface area contributed by atoms with Gasteiger partial charge in [-0.2, -0.15) is 0 Å². The first kappa shape index (κ1) is 10.4. The zero-order valence-electron chi connectivity index (χ0n) is 6.78. The highest BCUT2D eigenvalue weighted by Gasteiger charge is 2.25. The highest BCUT2D eigenvalue weighted by atomic mass is 19.3. The van der Waals surface area contributed by atoms with Gasteiger partial charge in [-0.3, -0.25) is 15.1 Å². The highest BCUT2D eigenvalue weighted by molar-refractivity contribution is 5.43. The fourth-order valence-electron chi connectivity index (χ4n) is 1.01. The van der Waals surface area contributed by atoms with Crippen molar-refractivity contribution in [3.63, 3.8) is 0 Å². The van der Waals surface area contributed by atoms with Crippen LogP contribution in [0.2, 0.25) is 0 Å². The molecule has 0 unspecified atom stereocenters. The molecule has 0 atom stereocenters. The number of nitro groups is 1. The van der Waals surface area contributed by atoms with Crippen LogP contribution in [0.5, 0.6) is 0 Å².